The number of thiazole rings is 1. The molecular weight excluding hydrogens is 406 g/mol. The van der Waals surface area contributed by atoms with Crippen molar-refractivity contribution in [2.24, 2.45) is 17.8 Å². The van der Waals surface area contributed by atoms with E-state index < -0.39 is 0 Å². The molecule has 1 heterocycles. The van der Waals surface area contributed by atoms with Crippen molar-refractivity contribution in [3.05, 3.63) is 51.5 Å². The zero-order valence-electron chi connectivity index (χ0n) is 21.3. The van der Waals surface area contributed by atoms with Crippen LogP contribution in [0.3, 0.4) is 0 Å². The van der Waals surface area contributed by atoms with E-state index in [1.54, 1.807) is 11.3 Å². The molecule has 0 aromatic carbocycles. The van der Waals surface area contributed by atoms with E-state index in [9.17, 15) is 0 Å². The minimum absolute atomic E-state index is 0.481. The molecule has 2 aliphatic carbocycles. The zero-order chi connectivity index (χ0) is 23.1. The molecule has 1 aromatic rings. The average molecular weight is 452 g/mol. The molecular formula is C30H45NS. The van der Waals surface area contributed by atoms with Crippen LogP contribution < -0.4 is 0 Å². The van der Waals surface area contributed by atoms with E-state index in [0.717, 1.165) is 12.3 Å². The summed E-state index contributed by atoms with van der Waals surface area (Å²) < 4.78 is 0. The number of allylic oxidation sites excluding steroid dienone is 7. The Kier molecular flexibility index (Phi) is 9.59. The second-order valence-electron chi connectivity index (χ2n) is 10.3. The fraction of sp³-hybridized carbons (Fsp3) is 0.633. The first-order valence-electron chi connectivity index (χ1n) is 13.2. The van der Waals surface area contributed by atoms with Crippen molar-refractivity contribution < 1.29 is 0 Å². The van der Waals surface area contributed by atoms with Gasteiger partial charge in [-0.15, -0.1) is 11.3 Å². The second-order valence-corrected chi connectivity index (χ2v) is 11.2. The van der Waals surface area contributed by atoms with Gasteiger partial charge in [0.1, 0.15) is 5.01 Å². The van der Waals surface area contributed by atoms with Crippen LogP contribution in [0.2, 0.25) is 0 Å². The first-order valence-corrected chi connectivity index (χ1v) is 14.1. The quantitative estimate of drug-likeness (QED) is 0.326. The summed E-state index contributed by atoms with van der Waals surface area (Å²) in [5, 5.41) is 3.48. The highest BCUT2D eigenvalue weighted by molar-refractivity contribution is 7.10. The Morgan fingerprint density at radius 2 is 1.97 bits per heavy atom. The van der Waals surface area contributed by atoms with Crippen LogP contribution in [0.25, 0.3) is 11.1 Å². The fourth-order valence-electron chi connectivity index (χ4n) is 5.69. The van der Waals surface area contributed by atoms with Crippen molar-refractivity contribution >= 4 is 22.5 Å². The zero-order valence-corrected chi connectivity index (χ0v) is 22.1. The Balaban J connectivity index is 1.87. The number of nitrogens with zero attached hydrogens (tertiary/aromatic N) is 1. The molecule has 32 heavy (non-hydrogen) atoms. The first-order chi connectivity index (χ1) is 15.5. The lowest BCUT2D eigenvalue weighted by Crippen LogP contribution is -2.14. The molecule has 176 valence electrons. The summed E-state index contributed by atoms with van der Waals surface area (Å²) in [7, 11) is 0. The molecule has 2 unspecified atom stereocenters. The Hall–Kier alpha value is -1.41. The van der Waals surface area contributed by atoms with Gasteiger partial charge in [0.25, 0.3) is 0 Å². The Bertz CT molecular complexity index is 859. The molecule has 1 saturated carbocycles. The molecule has 0 aliphatic heterocycles. The number of aromatic nitrogens is 1. The third-order valence-electron chi connectivity index (χ3n) is 7.63. The third-order valence-corrected chi connectivity index (χ3v) is 8.60. The minimum Gasteiger partial charge on any atom is -0.237 e. The number of unbranched alkanes of at least 4 members (excludes halogenated alkanes) is 2. The molecule has 2 aliphatic rings. The van der Waals surface area contributed by atoms with Crippen molar-refractivity contribution in [1.82, 2.24) is 4.98 Å². The topological polar surface area (TPSA) is 12.9 Å². The van der Waals surface area contributed by atoms with Crippen molar-refractivity contribution in [1.29, 1.82) is 0 Å². The molecule has 0 saturated heterocycles. The van der Waals surface area contributed by atoms with E-state index in [2.05, 4.69) is 58.7 Å². The van der Waals surface area contributed by atoms with Gasteiger partial charge < -0.3 is 0 Å². The lowest BCUT2D eigenvalue weighted by atomic mass is 9.80. The van der Waals surface area contributed by atoms with Crippen LogP contribution in [0, 0.1) is 17.8 Å². The van der Waals surface area contributed by atoms with Crippen LogP contribution in [0.5, 0.6) is 0 Å². The summed E-state index contributed by atoms with van der Waals surface area (Å²) in [6.45, 7) is 16.2. The molecule has 0 amide bonds. The summed E-state index contributed by atoms with van der Waals surface area (Å²) in [6, 6.07) is 0. The Morgan fingerprint density at radius 3 is 2.66 bits per heavy atom. The van der Waals surface area contributed by atoms with E-state index in [1.807, 2.05) is 0 Å². The SMILES string of the molecule is C=C(CC1CCCCC1)C1=C(C)C(C(C)CCCC)C(c2csc(/C(C)=C/CCC)n2)=C1. The molecule has 1 aromatic heterocycles. The minimum atomic E-state index is 0.481. The van der Waals surface area contributed by atoms with Crippen LogP contribution in [0.4, 0.5) is 0 Å². The van der Waals surface area contributed by atoms with Gasteiger partial charge in [-0.05, 0) is 73.3 Å². The Labute approximate surface area is 201 Å². The van der Waals surface area contributed by atoms with Gasteiger partial charge in [-0.25, -0.2) is 4.98 Å². The molecule has 3 rings (SSSR count). The van der Waals surface area contributed by atoms with Gasteiger partial charge in [0, 0.05) is 11.3 Å². The van der Waals surface area contributed by atoms with E-state index >= 15 is 0 Å². The van der Waals surface area contributed by atoms with Gasteiger partial charge in [-0.3, -0.25) is 0 Å². The van der Waals surface area contributed by atoms with Gasteiger partial charge in [0.15, 0.2) is 0 Å². The molecule has 0 radical (unpaired) electrons. The first kappa shape index (κ1) is 25.2. The summed E-state index contributed by atoms with van der Waals surface area (Å²) in [4.78, 5) is 5.13. The maximum Gasteiger partial charge on any atom is 0.119 e. The molecule has 1 nitrogen and oxygen atoms in total. The fourth-order valence-corrected chi connectivity index (χ4v) is 6.52. The van der Waals surface area contributed by atoms with Gasteiger partial charge in [-0.2, -0.15) is 0 Å². The predicted molar refractivity (Wildman–Crippen MR) is 144 cm³/mol. The van der Waals surface area contributed by atoms with Gasteiger partial charge >= 0.3 is 0 Å². The maximum absolute atomic E-state index is 5.13. The molecule has 2 heteroatoms. The lowest BCUT2D eigenvalue weighted by Gasteiger charge is -2.25. The normalized spacial score (nSPS) is 21.2. The van der Waals surface area contributed by atoms with Crippen molar-refractivity contribution in [3.8, 4) is 0 Å². The van der Waals surface area contributed by atoms with Gasteiger partial charge in [0.2, 0.25) is 0 Å². The van der Waals surface area contributed by atoms with E-state index in [0.29, 0.717) is 11.8 Å². The van der Waals surface area contributed by atoms with Gasteiger partial charge in [-0.1, -0.05) is 90.4 Å². The van der Waals surface area contributed by atoms with E-state index in [4.69, 9.17) is 4.98 Å². The molecule has 0 bridgehead atoms. The predicted octanol–water partition coefficient (Wildman–Crippen LogP) is 10.0. The van der Waals surface area contributed by atoms with Crippen molar-refractivity contribution in [3.63, 3.8) is 0 Å². The van der Waals surface area contributed by atoms with Crippen molar-refractivity contribution in [2.45, 2.75) is 105 Å². The van der Waals surface area contributed by atoms with Crippen LogP contribution in [0.1, 0.15) is 116 Å². The lowest BCUT2D eigenvalue weighted by molar-refractivity contribution is 0.357. The second kappa shape index (κ2) is 12.2. The highest BCUT2D eigenvalue weighted by atomic mass is 32.1. The summed E-state index contributed by atoms with van der Waals surface area (Å²) >= 11 is 1.80. The van der Waals surface area contributed by atoms with Gasteiger partial charge in [0.05, 0.1) is 5.69 Å². The summed E-state index contributed by atoms with van der Waals surface area (Å²) in [6.07, 6.45) is 19.2. The molecule has 0 spiro atoms. The smallest absolute Gasteiger partial charge is 0.119 e. The Morgan fingerprint density at radius 1 is 1.22 bits per heavy atom. The number of rotatable bonds is 11. The monoisotopic (exact) mass is 451 g/mol. The highest BCUT2D eigenvalue weighted by Gasteiger charge is 2.32. The van der Waals surface area contributed by atoms with Crippen molar-refractivity contribution in [2.75, 3.05) is 0 Å². The molecule has 1 fully saturated rings. The average Bonchev–Trinajstić information content (AvgIpc) is 3.41. The standard InChI is InChI=1S/C30H45NS/c1-7-9-14-21(3)29-24(6)26(23(5)18-25-16-12-11-13-17-25)19-27(29)28-20-32-30(31-28)22(4)15-10-8-2/h15,19-21,25,29H,5,7-14,16-18H2,1-4,6H3/b22-15+. The largest absolute Gasteiger partial charge is 0.237 e. The third kappa shape index (κ3) is 6.13. The number of hydrogen-bond donors (Lipinski definition) is 0. The summed E-state index contributed by atoms with van der Waals surface area (Å²) in [5.41, 5.74) is 8.30. The van der Waals surface area contributed by atoms with Crippen LogP contribution >= 0.6 is 11.3 Å². The highest BCUT2D eigenvalue weighted by Crippen LogP contribution is 2.47. The maximum atomic E-state index is 5.13. The molecule has 2 atom stereocenters. The number of hydrogen-bond acceptors (Lipinski definition) is 2. The van der Waals surface area contributed by atoms with E-state index in [-0.39, 0.29) is 0 Å². The van der Waals surface area contributed by atoms with E-state index in [1.165, 1.54) is 103 Å². The summed E-state index contributed by atoms with van der Waals surface area (Å²) in [5.74, 6) is 1.96. The molecule has 0 N–H and O–H groups in total. The van der Waals surface area contributed by atoms with Crippen LogP contribution in [-0.4, -0.2) is 4.98 Å². The van der Waals surface area contributed by atoms with Crippen LogP contribution in [0.15, 0.2) is 40.8 Å². The van der Waals surface area contributed by atoms with Crippen LogP contribution in [-0.2, 0) is 0 Å².